The number of aromatic amines is 1. The van der Waals surface area contributed by atoms with Gasteiger partial charge in [-0.2, -0.15) is 0 Å². The van der Waals surface area contributed by atoms with Crippen LogP contribution < -0.4 is 10.9 Å². The van der Waals surface area contributed by atoms with Crippen molar-refractivity contribution < 1.29 is 13.2 Å². The van der Waals surface area contributed by atoms with Gasteiger partial charge in [-0.3, -0.25) is 9.59 Å². The second kappa shape index (κ2) is 4.94. The minimum atomic E-state index is -3.12. The third kappa shape index (κ3) is 2.85. The number of hydrogen-bond donors (Lipinski definition) is 2. The van der Waals surface area contributed by atoms with E-state index in [-0.39, 0.29) is 22.9 Å². The topological polar surface area (TPSA) is 109 Å². The number of amides is 1. The van der Waals surface area contributed by atoms with Gasteiger partial charge < -0.3 is 10.3 Å². The summed E-state index contributed by atoms with van der Waals surface area (Å²) in [6.07, 6.45) is 2.33. The number of nitrogens with zero attached hydrogens (tertiary/aromatic N) is 1. The monoisotopic (exact) mass is 311 g/mol. The van der Waals surface area contributed by atoms with E-state index in [0.717, 1.165) is 18.9 Å². The molecule has 0 aromatic carbocycles. The summed E-state index contributed by atoms with van der Waals surface area (Å²) >= 11 is 0. The molecule has 114 valence electrons. The van der Waals surface area contributed by atoms with Crippen LogP contribution in [-0.2, 0) is 9.84 Å². The molecular formula is C13H17N3O4S. The van der Waals surface area contributed by atoms with Crippen LogP contribution in [0.2, 0.25) is 0 Å². The highest BCUT2D eigenvalue weighted by Gasteiger charge is 2.38. The Morgan fingerprint density at radius 3 is 2.67 bits per heavy atom. The molecule has 1 saturated heterocycles. The molecule has 0 spiro atoms. The van der Waals surface area contributed by atoms with Crippen molar-refractivity contribution in [3.63, 3.8) is 0 Å². The predicted octanol–water partition coefficient (Wildman–Crippen LogP) is -0.0473. The molecule has 0 bridgehead atoms. The van der Waals surface area contributed by atoms with Crippen molar-refractivity contribution >= 4 is 15.7 Å². The largest absolute Gasteiger partial charge is 0.347 e. The number of hydrogen-bond acceptors (Lipinski definition) is 5. The number of sulfone groups is 1. The van der Waals surface area contributed by atoms with E-state index in [0.29, 0.717) is 12.2 Å². The van der Waals surface area contributed by atoms with E-state index in [1.165, 1.54) is 0 Å². The van der Waals surface area contributed by atoms with Crippen LogP contribution in [0.15, 0.2) is 10.9 Å². The molecule has 1 aliphatic carbocycles. The molecule has 1 aliphatic heterocycles. The normalized spacial score (nSPS) is 27.5. The van der Waals surface area contributed by atoms with E-state index in [9.17, 15) is 18.0 Å². The van der Waals surface area contributed by atoms with E-state index >= 15 is 0 Å². The number of carbonyl (C=O) groups is 1. The summed E-state index contributed by atoms with van der Waals surface area (Å²) in [4.78, 5) is 30.6. The number of H-pyrrole nitrogens is 1. The van der Waals surface area contributed by atoms with Crippen LogP contribution in [0.25, 0.3) is 0 Å². The molecule has 0 radical (unpaired) electrons. The van der Waals surface area contributed by atoms with Crippen molar-refractivity contribution in [1.82, 2.24) is 15.3 Å². The number of rotatable bonds is 3. The third-order valence-electron chi connectivity index (χ3n) is 4.12. The van der Waals surface area contributed by atoms with Crippen LogP contribution in [-0.4, -0.2) is 41.3 Å². The zero-order valence-corrected chi connectivity index (χ0v) is 12.4. The summed E-state index contributed by atoms with van der Waals surface area (Å²) in [6, 6.07) is 0.725. The molecule has 1 amide bonds. The minimum absolute atomic E-state index is 0.0529. The second-order valence-electron chi connectivity index (χ2n) is 5.73. The fourth-order valence-corrected chi connectivity index (χ4v) is 4.20. The third-order valence-corrected chi connectivity index (χ3v) is 6.39. The average Bonchev–Trinajstić information content (AvgIpc) is 3.22. The molecule has 0 unspecified atom stereocenters. The molecule has 1 aromatic rings. The standard InChI is InChI=1S/C13H17N3O4S/c1-7-9(4-5-21(7,19)20)15-13(18)10-6-11(17)16-12(14-10)8-2-3-8/h6-9H,2-5H2,1H3,(H,15,18)(H,14,16,17)/t7-,9-/m1/s1. The number of nitrogens with one attached hydrogen (secondary N) is 2. The maximum Gasteiger partial charge on any atom is 0.270 e. The molecule has 1 saturated carbocycles. The van der Waals surface area contributed by atoms with E-state index in [4.69, 9.17) is 0 Å². The first kappa shape index (κ1) is 14.2. The van der Waals surface area contributed by atoms with Gasteiger partial charge >= 0.3 is 0 Å². The lowest BCUT2D eigenvalue weighted by atomic mass is 10.1. The molecule has 2 atom stereocenters. The van der Waals surface area contributed by atoms with Crippen molar-refractivity contribution in [3.8, 4) is 0 Å². The molecule has 21 heavy (non-hydrogen) atoms. The van der Waals surface area contributed by atoms with Crippen molar-refractivity contribution in [2.24, 2.45) is 0 Å². The van der Waals surface area contributed by atoms with Crippen LogP contribution in [0.5, 0.6) is 0 Å². The van der Waals surface area contributed by atoms with Crippen LogP contribution >= 0.6 is 0 Å². The Bertz CT molecular complexity index is 736. The van der Waals surface area contributed by atoms with Gasteiger partial charge in [-0.15, -0.1) is 0 Å². The summed E-state index contributed by atoms with van der Waals surface area (Å²) in [5.74, 6) is 0.364. The molecule has 1 aromatic heterocycles. The Hall–Kier alpha value is -1.70. The maximum atomic E-state index is 12.2. The van der Waals surface area contributed by atoms with Crippen LogP contribution in [0.1, 0.15) is 48.4 Å². The lowest BCUT2D eigenvalue weighted by Gasteiger charge is -2.15. The van der Waals surface area contributed by atoms with Gasteiger partial charge in [0.05, 0.1) is 11.0 Å². The Morgan fingerprint density at radius 2 is 2.10 bits per heavy atom. The predicted molar refractivity (Wildman–Crippen MR) is 76.0 cm³/mol. The van der Waals surface area contributed by atoms with Gasteiger partial charge in [-0.05, 0) is 26.2 Å². The van der Waals surface area contributed by atoms with Gasteiger partial charge in [0.2, 0.25) is 0 Å². The van der Waals surface area contributed by atoms with Crippen LogP contribution in [0.4, 0.5) is 0 Å². The summed E-state index contributed by atoms with van der Waals surface area (Å²) in [6.45, 7) is 1.59. The molecular weight excluding hydrogens is 294 g/mol. The Labute approximate surface area is 122 Å². The van der Waals surface area contributed by atoms with Crippen LogP contribution in [0.3, 0.4) is 0 Å². The Balaban J connectivity index is 1.78. The molecule has 2 aliphatic rings. The Kier molecular flexibility index (Phi) is 3.35. The quantitative estimate of drug-likeness (QED) is 0.813. The van der Waals surface area contributed by atoms with Crippen molar-refractivity contribution in [2.75, 3.05) is 5.75 Å². The number of carbonyl (C=O) groups excluding carboxylic acids is 1. The van der Waals surface area contributed by atoms with E-state index < -0.39 is 27.0 Å². The summed E-state index contributed by atoms with van der Waals surface area (Å²) in [7, 11) is -3.12. The summed E-state index contributed by atoms with van der Waals surface area (Å²) < 4.78 is 23.3. The first-order valence-corrected chi connectivity index (χ1v) is 8.72. The van der Waals surface area contributed by atoms with Crippen LogP contribution in [0, 0.1) is 0 Å². The van der Waals surface area contributed by atoms with Gasteiger partial charge in [0.1, 0.15) is 11.5 Å². The SMILES string of the molecule is C[C@@H]1[C@H](NC(=O)c2cc(=O)[nH]c(C3CC3)n2)CCS1(=O)=O. The van der Waals surface area contributed by atoms with Crippen molar-refractivity contribution in [1.29, 1.82) is 0 Å². The summed E-state index contributed by atoms with van der Waals surface area (Å²) in [5, 5.41) is 2.08. The fourth-order valence-electron chi connectivity index (χ4n) is 2.54. The van der Waals surface area contributed by atoms with Gasteiger partial charge in [0, 0.05) is 18.0 Å². The van der Waals surface area contributed by atoms with Gasteiger partial charge in [0.25, 0.3) is 11.5 Å². The summed E-state index contributed by atoms with van der Waals surface area (Å²) in [5.41, 5.74) is -0.304. The number of aromatic nitrogens is 2. The van der Waals surface area contributed by atoms with Gasteiger partial charge in [0.15, 0.2) is 9.84 Å². The van der Waals surface area contributed by atoms with E-state index in [1.54, 1.807) is 6.92 Å². The first-order chi connectivity index (χ1) is 9.87. The molecule has 8 heteroatoms. The fraction of sp³-hybridized carbons (Fsp3) is 0.615. The molecule has 2 N–H and O–H groups in total. The highest BCUT2D eigenvalue weighted by molar-refractivity contribution is 7.92. The molecule has 2 heterocycles. The first-order valence-electron chi connectivity index (χ1n) is 7.00. The van der Waals surface area contributed by atoms with Gasteiger partial charge in [-0.1, -0.05) is 0 Å². The highest BCUT2D eigenvalue weighted by atomic mass is 32.2. The highest BCUT2D eigenvalue weighted by Crippen LogP contribution is 2.37. The van der Waals surface area contributed by atoms with Crippen molar-refractivity contribution in [2.45, 2.75) is 43.4 Å². The average molecular weight is 311 g/mol. The molecule has 7 nitrogen and oxygen atoms in total. The smallest absolute Gasteiger partial charge is 0.270 e. The second-order valence-corrected chi connectivity index (χ2v) is 8.21. The zero-order chi connectivity index (χ0) is 15.2. The van der Waals surface area contributed by atoms with Crippen molar-refractivity contribution in [3.05, 3.63) is 27.9 Å². The maximum absolute atomic E-state index is 12.2. The zero-order valence-electron chi connectivity index (χ0n) is 11.6. The van der Waals surface area contributed by atoms with E-state index in [2.05, 4.69) is 15.3 Å². The lowest BCUT2D eigenvalue weighted by molar-refractivity contribution is 0.0931. The molecule has 2 fully saturated rings. The van der Waals surface area contributed by atoms with E-state index in [1.807, 2.05) is 0 Å². The minimum Gasteiger partial charge on any atom is -0.347 e. The lowest BCUT2D eigenvalue weighted by Crippen LogP contribution is -2.41. The van der Waals surface area contributed by atoms with Gasteiger partial charge in [-0.25, -0.2) is 13.4 Å². The Morgan fingerprint density at radius 1 is 1.38 bits per heavy atom. The molecule has 3 rings (SSSR count).